The predicted octanol–water partition coefficient (Wildman–Crippen LogP) is 4.14. The van der Waals surface area contributed by atoms with Crippen molar-refractivity contribution < 1.29 is 23.8 Å². The van der Waals surface area contributed by atoms with Crippen LogP contribution in [0.15, 0.2) is 54.9 Å². The number of methoxy groups -OCH3 is 1. The van der Waals surface area contributed by atoms with Gasteiger partial charge in [0.2, 0.25) is 11.7 Å². The number of nitrogens with zero attached hydrogens (tertiary/aromatic N) is 3. The summed E-state index contributed by atoms with van der Waals surface area (Å²) in [5.74, 6) is -1.49. The second-order valence-corrected chi connectivity index (χ2v) is 9.57. The van der Waals surface area contributed by atoms with E-state index in [0.29, 0.717) is 25.9 Å². The van der Waals surface area contributed by atoms with Crippen LogP contribution in [0.25, 0.3) is 11.1 Å². The summed E-state index contributed by atoms with van der Waals surface area (Å²) in [4.78, 5) is 35.0. The summed E-state index contributed by atoms with van der Waals surface area (Å²) in [5.41, 5.74) is 2.66. The first kappa shape index (κ1) is 27.8. The number of hydrogen-bond acceptors (Lipinski definition) is 7. The van der Waals surface area contributed by atoms with Gasteiger partial charge in [-0.05, 0) is 36.5 Å². The maximum atomic E-state index is 15.0. The van der Waals surface area contributed by atoms with E-state index in [1.165, 1.54) is 6.33 Å². The van der Waals surface area contributed by atoms with Crippen LogP contribution in [0.4, 0.5) is 16.0 Å². The van der Waals surface area contributed by atoms with Crippen LogP contribution >= 0.6 is 0 Å². The van der Waals surface area contributed by atoms with Gasteiger partial charge in [0.15, 0.2) is 11.6 Å². The third-order valence-corrected chi connectivity index (χ3v) is 6.83. The molecule has 0 saturated carbocycles. The molecule has 3 N–H and O–H groups in total. The van der Waals surface area contributed by atoms with Crippen molar-refractivity contribution in [1.29, 1.82) is 0 Å². The standard InChI is InChI=1S/C29H34FN5O4/c1-3-14-31-26-25(30)27(33-18-32-26)35-15-6-7-21(17-35)28(36)34-23(29(37)38)16-19-10-12-20(13-11-19)22-8-4-5-9-24(22)39-2/h4-5,8-13,18,21,23H,3,6-7,14-17H2,1-2H3,(H,34,36)(H,37,38)(H,31,32,33)/t21?,23-/m0/s1. The third kappa shape index (κ3) is 6.81. The molecule has 1 fully saturated rings. The zero-order chi connectivity index (χ0) is 27.8. The zero-order valence-corrected chi connectivity index (χ0v) is 22.2. The number of carbonyl (C=O) groups excluding carboxylic acids is 1. The molecule has 2 heterocycles. The van der Waals surface area contributed by atoms with E-state index in [0.717, 1.165) is 28.9 Å². The molecule has 10 heteroatoms. The summed E-state index contributed by atoms with van der Waals surface area (Å²) in [6.07, 6.45) is 3.50. The minimum atomic E-state index is -1.11. The Bertz CT molecular complexity index is 1290. The third-order valence-electron chi connectivity index (χ3n) is 6.83. The normalized spacial score (nSPS) is 15.9. The Hall–Kier alpha value is -4.21. The first-order valence-corrected chi connectivity index (χ1v) is 13.2. The van der Waals surface area contributed by atoms with Crippen molar-refractivity contribution in [3.05, 3.63) is 66.2 Å². The Morgan fingerprint density at radius 1 is 1.18 bits per heavy atom. The van der Waals surface area contributed by atoms with Crippen LogP contribution in [0.3, 0.4) is 0 Å². The quantitative estimate of drug-likeness (QED) is 0.336. The highest BCUT2D eigenvalue weighted by Crippen LogP contribution is 2.30. The van der Waals surface area contributed by atoms with Crippen molar-refractivity contribution in [3.63, 3.8) is 0 Å². The number of piperidine rings is 1. The minimum absolute atomic E-state index is 0.135. The van der Waals surface area contributed by atoms with E-state index in [1.54, 1.807) is 12.0 Å². The summed E-state index contributed by atoms with van der Waals surface area (Å²) in [6.45, 7) is 3.35. The molecule has 0 aliphatic carbocycles. The molecule has 1 unspecified atom stereocenters. The Kier molecular flexibility index (Phi) is 9.30. The largest absolute Gasteiger partial charge is 0.496 e. The van der Waals surface area contributed by atoms with Crippen molar-refractivity contribution >= 4 is 23.5 Å². The molecule has 1 aromatic heterocycles. The molecule has 206 valence electrons. The zero-order valence-electron chi connectivity index (χ0n) is 22.2. The molecule has 1 aliphatic rings. The number of rotatable bonds is 11. The van der Waals surface area contributed by atoms with Gasteiger partial charge in [0.05, 0.1) is 13.0 Å². The molecule has 1 saturated heterocycles. The van der Waals surface area contributed by atoms with Gasteiger partial charge >= 0.3 is 5.97 Å². The fraction of sp³-hybridized carbons (Fsp3) is 0.379. The van der Waals surface area contributed by atoms with Gasteiger partial charge in [0, 0.05) is 31.6 Å². The lowest BCUT2D eigenvalue weighted by Crippen LogP contribution is -2.49. The summed E-state index contributed by atoms with van der Waals surface area (Å²) >= 11 is 0. The van der Waals surface area contributed by atoms with Crippen LogP contribution in [0.5, 0.6) is 5.75 Å². The minimum Gasteiger partial charge on any atom is -0.496 e. The van der Waals surface area contributed by atoms with Crippen LogP contribution in [-0.4, -0.2) is 59.7 Å². The van der Waals surface area contributed by atoms with E-state index in [4.69, 9.17) is 4.74 Å². The average molecular weight is 536 g/mol. The van der Waals surface area contributed by atoms with E-state index in [1.807, 2.05) is 55.5 Å². The summed E-state index contributed by atoms with van der Waals surface area (Å²) in [7, 11) is 1.62. The van der Waals surface area contributed by atoms with Crippen molar-refractivity contribution in [2.45, 2.75) is 38.6 Å². The number of carboxylic acid groups (broad SMARTS) is 1. The molecular formula is C29H34FN5O4. The number of carboxylic acids is 1. The monoisotopic (exact) mass is 535 g/mol. The van der Waals surface area contributed by atoms with E-state index < -0.39 is 23.7 Å². The topological polar surface area (TPSA) is 117 Å². The maximum absolute atomic E-state index is 15.0. The van der Waals surface area contributed by atoms with Crippen LogP contribution in [0.2, 0.25) is 0 Å². The number of aliphatic carboxylic acids is 1. The van der Waals surface area contributed by atoms with E-state index in [9.17, 15) is 14.7 Å². The number of carbonyl (C=O) groups is 2. The molecule has 9 nitrogen and oxygen atoms in total. The molecule has 1 amide bonds. The van der Waals surface area contributed by atoms with Gasteiger partial charge in [0.25, 0.3) is 0 Å². The Labute approximate surface area is 227 Å². The highest BCUT2D eigenvalue weighted by Gasteiger charge is 2.31. The second-order valence-electron chi connectivity index (χ2n) is 9.57. The Morgan fingerprint density at radius 2 is 1.95 bits per heavy atom. The van der Waals surface area contributed by atoms with Crippen LogP contribution < -0.4 is 20.3 Å². The molecular weight excluding hydrogens is 501 g/mol. The van der Waals surface area contributed by atoms with Gasteiger partial charge in [-0.15, -0.1) is 0 Å². The molecule has 3 aromatic rings. The van der Waals surface area contributed by atoms with Crippen molar-refractivity contribution in [2.75, 3.05) is 37.0 Å². The SMILES string of the molecule is CCCNc1ncnc(N2CCCC(C(=O)N[C@@H](Cc3ccc(-c4ccccc4OC)cc3)C(=O)O)C2)c1F. The van der Waals surface area contributed by atoms with Gasteiger partial charge in [0.1, 0.15) is 18.1 Å². The predicted molar refractivity (Wildman–Crippen MR) is 147 cm³/mol. The van der Waals surface area contributed by atoms with Gasteiger partial charge in [-0.1, -0.05) is 49.4 Å². The summed E-state index contributed by atoms with van der Waals surface area (Å²) in [5, 5.41) is 15.5. The fourth-order valence-corrected chi connectivity index (χ4v) is 4.76. The van der Waals surface area contributed by atoms with Crippen molar-refractivity contribution in [1.82, 2.24) is 15.3 Å². The van der Waals surface area contributed by atoms with Crippen molar-refractivity contribution in [2.24, 2.45) is 5.92 Å². The van der Waals surface area contributed by atoms with E-state index in [2.05, 4.69) is 20.6 Å². The van der Waals surface area contributed by atoms with E-state index >= 15 is 4.39 Å². The maximum Gasteiger partial charge on any atom is 0.326 e. The number of aromatic nitrogens is 2. The first-order chi connectivity index (χ1) is 18.9. The average Bonchev–Trinajstić information content (AvgIpc) is 2.96. The number of anilines is 2. The molecule has 4 rings (SSSR count). The molecule has 39 heavy (non-hydrogen) atoms. The number of halogens is 1. The highest BCUT2D eigenvalue weighted by atomic mass is 19.1. The number of ether oxygens (including phenoxy) is 1. The highest BCUT2D eigenvalue weighted by molar-refractivity contribution is 5.85. The molecule has 2 aromatic carbocycles. The first-order valence-electron chi connectivity index (χ1n) is 13.2. The second kappa shape index (κ2) is 13.0. The molecule has 2 atom stereocenters. The molecule has 1 aliphatic heterocycles. The van der Waals surface area contributed by atoms with Crippen LogP contribution in [0, 0.1) is 11.7 Å². The Morgan fingerprint density at radius 3 is 2.67 bits per heavy atom. The number of nitrogens with one attached hydrogen (secondary N) is 2. The lowest BCUT2D eigenvalue weighted by molar-refractivity contribution is -0.142. The van der Waals surface area contributed by atoms with Crippen LogP contribution in [-0.2, 0) is 16.0 Å². The smallest absolute Gasteiger partial charge is 0.326 e. The van der Waals surface area contributed by atoms with Gasteiger partial charge in [-0.2, -0.15) is 4.39 Å². The molecule has 0 spiro atoms. The fourth-order valence-electron chi connectivity index (χ4n) is 4.76. The number of amides is 1. The van der Waals surface area contributed by atoms with Gasteiger partial charge in [-0.25, -0.2) is 14.8 Å². The summed E-state index contributed by atoms with van der Waals surface area (Å²) in [6, 6.07) is 14.1. The van der Waals surface area contributed by atoms with Gasteiger partial charge < -0.3 is 25.4 Å². The Balaban J connectivity index is 1.41. The van der Waals surface area contributed by atoms with Crippen molar-refractivity contribution in [3.8, 4) is 16.9 Å². The number of hydrogen-bond donors (Lipinski definition) is 3. The molecule has 0 radical (unpaired) electrons. The molecule has 0 bridgehead atoms. The van der Waals surface area contributed by atoms with Crippen LogP contribution in [0.1, 0.15) is 31.7 Å². The number of benzene rings is 2. The summed E-state index contributed by atoms with van der Waals surface area (Å²) < 4.78 is 20.5. The lowest BCUT2D eigenvalue weighted by atomic mass is 9.95. The van der Waals surface area contributed by atoms with Gasteiger partial charge in [-0.3, -0.25) is 4.79 Å². The number of para-hydroxylation sites is 1. The van der Waals surface area contributed by atoms with E-state index in [-0.39, 0.29) is 30.5 Å². The lowest BCUT2D eigenvalue weighted by Gasteiger charge is -2.33.